The van der Waals surface area contributed by atoms with Crippen LogP contribution in [0.15, 0.2) is 30.3 Å². The van der Waals surface area contributed by atoms with Crippen LogP contribution in [0.25, 0.3) is 0 Å². The SMILES string of the molecule is CCNc1cc(Oc2cccc(CC)c2)nc(CC)n1. The molecule has 0 aliphatic carbocycles. The number of ether oxygens (including phenoxy) is 1. The highest BCUT2D eigenvalue weighted by atomic mass is 16.5. The number of aromatic nitrogens is 2. The Labute approximate surface area is 120 Å². The number of hydrogen-bond acceptors (Lipinski definition) is 4. The van der Waals surface area contributed by atoms with Crippen molar-refractivity contribution in [3.05, 3.63) is 41.7 Å². The van der Waals surface area contributed by atoms with Gasteiger partial charge >= 0.3 is 0 Å². The maximum absolute atomic E-state index is 5.86. The lowest BCUT2D eigenvalue weighted by Crippen LogP contribution is -2.04. The predicted octanol–water partition coefficient (Wildman–Crippen LogP) is 3.83. The topological polar surface area (TPSA) is 47.0 Å². The van der Waals surface area contributed by atoms with Gasteiger partial charge in [0, 0.05) is 19.0 Å². The van der Waals surface area contributed by atoms with Crippen molar-refractivity contribution < 1.29 is 4.74 Å². The van der Waals surface area contributed by atoms with Gasteiger partial charge in [-0.1, -0.05) is 26.0 Å². The molecule has 0 unspecified atom stereocenters. The summed E-state index contributed by atoms with van der Waals surface area (Å²) in [5.74, 6) is 2.99. The number of rotatable bonds is 6. The molecule has 0 aliphatic heterocycles. The van der Waals surface area contributed by atoms with E-state index >= 15 is 0 Å². The van der Waals surface area contributed by atoms with E-state index in [1.165, 1.54) is 5.56 Å². The van der Waals surface area contributed by atoms with Crippen LogP contribution in [-0.2, 0) is 12.8 Å². The Balaban J connectivity index is 2.24. The highest BCUT2D eigenvalue weighted by molar-refractivity contribution is 5.40. The van der Waals surface area contributed by atoms with Gasteiger partial charge in [-0.25, -0.2) is 4.98 Å². The molecular weight excluding hydrogens is 250 g/mol. The Bertz CT molecular complexity index is 569. The maximum atomic E-state index is 5.86. The second kappa shape index (κ2) is 6.89. The molecule has 1 aromatic heterocycles. The number of aryl methyl sites for hydroxylation is 2. The highest BCUT2D eigenvalue weighted by Crippen LogP contribution is 2.23. The van der Waals surface area contributed by atoms with Crippen LogP contribution >= 0.6 is 0 Å². The molecule has 0 radical (unpaired) electrons. The summed E-state index contributed by atoms with van der Waals surface area (Å²) >= 11 is 0. The molecule has 0 atom stereocenters. The smallest absolute Gasteiger partial charge is 0.224 e. The molecule has 0 saturated heterocycles. The van der Waals surface area contributed by atoms with E-state index in [0.717, 1.165) is 36.8 Å². The molecule has 20 heavy (non-hydrogen) atoms. The Morgan fingerprint density at radius 1 is 1.05 bits per heavy atom. The first-order chi connectivity index (χ1) is 9.75. The minimum absolute atomic E-state index is 0.584. The molecule has 1 N–H and O–H groups in total. The normalized spacial score (nSPS) is 10.3. The van der Waals surface area contributed by atoms with E-state index in [0.29, 0.717) is 5.88 Å². The fourth-order valence-corrected chi connectivity index (χ4v) is 1.90. The monoisotopic (exact) mass is 271 g/mol. The first kappa shape index (κ1) is 14.3. The number of benzene rings is 1. The molecule has 4 heteroatoms. The van der Waals surface area contributed by atoms with Gasteiger partial charge in [0.2, 0.25) is 5.88 Å². The molecule has 1 heterocycles. The summed E-state index contributed by atoms with van der Waals surface area (Å²) in [6, 6.07) is 9.91. The van der Waals surface area contributed by atoms with E-state index in [-0.39, 0.29) is 0 Å². The van der Waals surface area contributed by atoms with Crippen molar-refractivity contribution in [1.82, 2.24) is 9.97 Å². The molecule has 106 valence electrons. The lowest BCUT2D eigenvalue weighted by Gasteiger charge is -2.10. The first-order valence-electron chi connectivity index (χ1n) is 7.13. The van der Waals surface area contributed by atoms with Crippen LogP contribution in [0.3, 0.4) is 0 Å². The summed E-state index contributed by atoms with van der Waals surface area (Å²) in [7, 11) is 0. The van der Waals surface area contributed by atoms with Gasteiger partial charge < -0.3 is 10.1 Å². The highest BCUT2D eigenvalue weighted by Gasteiger charge is 2.05. The Kier molecular flexibility index (Phi) is 4.93. The summed E-state index contributed by atoms with van der Waals surface area (Å²) in [4.78, 5) is 8.83. The summed E-state index contributed by atoms with van der Waals surface area (Å²) in [6.07, 6.45) is 1.77. The second-order valence-corrected chi connectivity index (χ2v) is 4.49. The van der Waals surface area contributed by atoms with Crippen LogP contribution < -0.4 is 10.1 Å². The molecule has 0 aliphatic rings. The van der Waals surface area contributed by atoms with E-state index in [1.807, 2.05) is 38.1 Å². The van der Waals surface area contributed by atoms with Crippen LogP contribution in [0.2, 0.25) is 0 Å². The van der Waals surface area contributed by atoms with Gasteiger partial charge in [-0.05, 0) is 31.0 Å². The Morgan fingerprint density at radius 2 is 1.90 bits per heavy atom. The largest absolute Gasteiger partial charge is 0.439 e. The molecule has 0 saturated carbocycles. The molecular formula is C16H21N3O. The van der Waals surface area contributed by atoms with Gasteiger partial charge in [-0.2, -0.15) is 4.98 Å². The third-order valence-electron chi connectivity index (χ3n) is 2.95. The van der Waals surface area contributed by atoms with Gasteiger partial charge in [-0.15, -0.1) is 0 Å². The summed E-state index contributed by atoms with van der Waals surface area (Å²) in [5.41, 5.74) is 1.25. The van der Waals surface area contributed by atoms with E-state index in [4.69, 9.17) is 4.74 Å². The third kappa shape index (κ3) is 3.70. The minimum Gasteiger partial charge on any atom is -0.439 e. The zero-order valence-electron chi connectivity index (χ0n) is 12.3. The summed E-state index contributed by atoms with van der Waals surface area (Å²) in [5, 5.41) is 3.20. The molecule has 4 nitrogen and oxygen atoms in total. The van der Waals surface area contributed by atoms with Crippen molar-refractivity contribution in [3.8, 4) is 11.6 Å². The molecule has 0 fully saturated rings. The van der Waals surface area contributed by atoms with Crippen LogP contribution in [0, 0.1) is 0 Å². The summed E-state index contributed by atoms with van der Waals surface area (Å²) in [6.45, 7) is 7.03. The zero-order chi connectivity index (χ0) is 14.4. The van der Waals surface area contributed by atoms with E-state index in [9.17, 15) is 0 Å². The number of nitrogens with zero attached hydrogens (tertiary/aromatic N) is 2. The van der Waals surface area contributed by atoms with Gasteiger partial charge in [0.1, 0.15) is 17.4 Å². The van der Waals surface area contributed by atoms with Crippen molar-refractivity contribution in [2.45, 2.75) is 33.6 Å². The average Bonchev–Trinajstić information content (AvgIpc) is 2.47. The van der Waals surface area contributed by atoms with Crippen molar-refractivity contribution >= 4 is 5.82 Å². The lowest BCUT2D eigenvalue weighted by molar-refractivity contribution is 0.458. The van der Waals surface area contributed by atoms with Gasteiger partial charge in [0.25, 0.3) is 0 Å². The van der Waals surface area contributed by atoms with Crippen LogP contribution in [0.5, 0.6) is 11.6 Å². The summed E-state index contributed by atoms with van der Waals surface area (Å²) < 4.78 is 5.86. The minimum atomic E-state index is 0.584. The predicted molar refractivity (Wildman–Crippen MR) is 81.5 cm³/mol. The number of nitrogens with one attached hydrogen (secondary N) is 1. The molecule has 0 bridgehead atoms. The fraction of sp³-hybridized carbons (Fsp3) is 0.375. The van der Waals surface area contributed by atoms with E-state index < -0.39 is 0 Å². The first-order valence-corrected chi connectivity index (χ1v) is 7.13. The Hall–Kier alpha value is -2.10. The molecule has 0 spiro atoms. The zero-order valence-corrected chi connectivity index (χ0v) is 12.3. The maximum Gasteiger partial charge on any atom is 0.224 e. The third-order valence-corrected chi connectivity index (χ3v) is 2.95. The number of anilines is 1. The molecule has 0 amide bonds. The van der Waals surface area contributed by atoms with Crippen molar-refractivity contribution in [1.29, 1.82) is 0 Å². The van der Waals surface area contributed by atoms with E-state index in [2.05, 4.69) is 28.3 Å². The van der Waals surface area contributed by atoms with Crippen molar-refractivity contribution in [3.63, 3.8) is 0 Å². The second-order valence-electron chi connectivity index (χ2n) is 4.49. The van der Waals surface area contributed by atoms with Crippen LogP contribution in [0.1, 0.15) is 32.2 Å². The quantitative estimate of drug-likeness (QED) is 0.867. The van der Waals surface area contributed by atoms with Gasteiger partial charge in [-0.3, -0.25) is 0 Å². The lowest BCUT2D eigenvalue weighted by atomic mass is 10.2. The molecule has 2 rings (SSSR count). The molecule has 1 aromatic carbocycles. The van der Waals surface area contributed by atoms with Gasteiger partial charge in [0.15, 0.2) is 0 Å². The standard InChI is InChI=1S/C16H21N3O/c1-4-12-8-7-9-13(10-12)20-16-11-15(17-6-3)18-14(5-2)19-16/h7-11H,4-6H2,1-3H3,(H,17,18,19). The van der Waals surface area contributed by atoms with Crippen molar-refractivity contribution in [2.24, 2.45) is 0 Å². The van der Waals surface area contributed by atoms with Crippen molar-refractivity contribution in [2.75, 3.05) is 11.9 Å². The average molecular weight is 271 g/mol. The van der Waals surface area contributed by atoms with Crippen LogP contribution in [-0.4, -0.2) is 16.5 Å². The van der Waals surface area contributed by atoms with Crippen LogP contribution in [0.4, 0.5) is 5.82 Å². The van der Waals surface area contributed by atoms with E-state index in [1.54, 1.807) is 0 Å². The fourth-order valence-electron chi connectivity index (χ4n) is 1.90. The Morgan fingerprint density at radius 3 is 2.60 bits per heavy atom. The number of hydrogen-bond donors (Lipinski definition) is 1. The molecule has 2 aromatic rings. The van der Waals surface area contributed by atoms with Gasteiger partial charge in [0.05, 0.1) is 0 Å².